The number of methoxy groups -OCH3 is 1. The number of aromatic nitrogens is 2. The topological polar surface area (TPSA) is 56.6 Å². The van der Waals surface area contributed by atoms with Crippen LogP contribution >= 0.6 is 0 Å². The Balaban J connectivity index is 1.79. The summed E-state index contributed by atoms with van der Waals surface area (Å²) in [6.07, 6.45) is 2.67. The molecular formula is C18H17N3O3. The van der Waals surface area contributed by atoms with Gasteiger partial charge in [0.05, 0.1) is 13.3 Å². The first-order valence-electron chi connectivity index (χ1n) is 7.38. The lowest BCUT2D eigenvalue weighted by Gasteiger charge is -2.17. The molecular weight excluding hydrogens is 306 g/mol. The predicted octanol–water partition coefficient (Wildman–Crippen LogP) is 3.24. The maximum Gasteiger partial charge on any atom is 0.438 e. The molecule has 3 rings (SSSR count). The SMILES string of the molecule is COc1ccc(-c2nccn2OC(=O)N(C)c2ccccc2)cc1. The van der Waals surface area contributed by atoms with Gasteiger partial charge in [0, 0.05) is 24.5 Å². The summed E-state index contributed by atoms with van der Waals surface area (Å²) in [6.45, 7) is 0. The van der Waals surface area contributed by atoms with Crippen LogP contribution in [0.1, 0.15) is 0 Å². The number of imidazole rings is 1. The number of anilines is 1. The van der Waals surface area contributed by atoms with E-state index in [0.717, 1.165) is 17.0 Å². The minimum absolute atomic E-state index is 0.506. The van der Waals surface area contributed by atoms with E-state index in [1.54, 1.807) is 26.6 Å². The average Bonchev–Trinajstić information content (AvgIpc) is 3.10. The summed E-state index contributed by atoms with van der Waals surface area (Å²) in [5, 5.41) is 0. The number of amides is 1. The van der Waals surface area contributed by atoms with Crippen LogP contribution in [-0.2, 0) is 0 Å². The van der Waals surface area contributed by atoms with Crippen molar-refractivity contribution in [1.82, 2.24) is 9.71 Å². The van der Waals surface area contributed by atoms with E-state index >= 15 is 0 Å². The van der Waals surface area contributed by atoms with Crippen LogP contribution < -0.4 is 14.5 Å². The second-order valence-corrected chi connectivity index (χ2v) is 5.06. The van der Waals surface area contributed by atoms with Crippen LogP contribution in [0.3, 0.4) is 0 Å². The molecule has 2 aromatic carbocycles. The Hall–Kier alpha value is -3.28. The highest BCUT2D eigenvalue weighted by atomic mass is 16.7. The fourth-order valence-corrected chi connectivity index (χ4v) is 2.21. The summed E-state index contributed by atoms with van der Waals surface area (Å²) in [6, 6.07) is 16.6. The van der Waals surface area contributed by atoms with Gasteiger partial charge in [0.1, 0.15) is 5.75 Å². The van der Waals surface area contributed by atoms with Crippen molar-refractivity contribution >= 4 is 11.8 Å². The lowest BCUT2D eigenvalue weighted by Crippen LogP contribution is -2.34. The number of ether oxygens (including phenoxy) is 1. The van der Waals surface area contributed by atoms with Crippen LogP contribution in [-0.4, -0.2) is 30.0 Å². The number of hydrogen-bond acceptors (Lipinski definition) is 4. The van der Waals surface area contributed by atoms with E-state index in [-0.39, 0.29) is 0 Å². The monoisotopic (exact) mass is 323 g/mol. The molecule has 3 aromatic rings. The third-order valence-corrected chi connectivity index (χ3v) is 3.55. The van der Waals surface area contributed by atoms with Gasteiger partial charge in [-0.1, -0.05) is 18.2 Å². The Labute approximate surface area is 139 Å². The number of hydrogen-bond donors (Lipinski definition) is 0. The molecule has 0 aliphatic carbocycles. The molecule has 1 amide bonds. The van der Waals surface area contributed by atoms with Crippen LogP contribution in [0.5, 0.6) is 5.75 Å². The number of carbonyl (C=O) groups excluding carboxylic acids is 1. The molecule has 6 nitrogen and oxygen atoms in total. The van der Waals surface area contributed by atoms with Crippen molar-refractivity contribution in [3.05, 3.63) is 67.0 Å². The molecule has 0 unspecified atom stereocenters. The maximum atomic E-state index is 12.3. The zero-order valence-electron chi connectivity index (χ0n) is 13.4. The van der Waals surface area contributed by atoms with Gasteiger partial charge in [-0.05, 0) is 36.4 Å². The summed E-state index contributed by atoms with van der Waals surface area (Å²) in [4.78, 5) is 23.4. The highest BCUT2D eigenvalue weighted by molar-refractivity contribution is 5.87. The Bertz CT molecular complexity index is 813. The second kappa shape index (κ2) is 6.87. The van der Waals surface area contributed by atoms with Crippen molar-refractivity contribution in [2.45, 2.75) is 0 Å². The van der Waals surface area contributed by atoms with Gasteiger partial charge < -0.3 is 9.57 Å². The molecule has 0 spiro atoms. The van der Waals surface area contributed by atoms with Crippen LogP contribution in [0.25, 0.3) is 11.4 Å². The molecule has 0 saturated carbocycles. The third kappa shape index (κ3) is 3.22. The first-order chi connectivity index (χ1) is 11.7. The molecule has 24 heavy (non-hydrogen) atoms. The van der Waals surface area contributed by atoms with E-state index in [0.29, 0.717) is 5.82 Å². The van der Waals surface area contributed by atoms with E-state index < -0.39 is 6.09 Å². The lowest BCUT2D eigenvalue weighted by atomic mass is 10.2. The maximum absolute atomic E-state index is 12.3. The Morgan fingerprint density at radius 1 is 1.08 bits per heavy atom. The van der Waals surface area contributed by atoms with Gasteiger partial charge in [-0.15, -0.1) is 0 Å². The molecule has 0 radical (unpaired) electrons. The van der Waals surface area contributed by atoms with Crippen molar-refractivity contribution in [2.24, 2.45) is 0 Å². The van der Waals surface area contributed by atoms with E-state index in [2.05, 4.69) is 4.98 Å². The fourth-order valence-electron chi connectivity index (χ4n) is 2.21. The van der Waals surface area contributed by atoms with Crippen LogP contribution in [0.15, 0.2) is 67.0 Å². The van der Waals surface area contributed by atoms with Gasteiger partial charge in [0.25, 0.3) is 0 Å². The number of rotatable bonds is 4. The highest BCUT2D eigenvalue weighted by Gasteiger charge is 2.16. The Kier molecular flexibility index (Phi) is 4.47. The molecule has 0 aliphatic heterocycles. The van der Waals surface area contributed by atoms with E-state index in [1.807, 2.05) is 54.6 Å². The van der Waals surface area contributed by atoms with Crippen molar-refractivity contribution in [2.75, 3.05) is 19.1 Å². The van der Waals surface area contributed by atoms with Crippen molar-refractivity contribution in [3.63, 3.8) is 0 Å². The smallest absolute Gasteiger partial charge is 0.438 e. The number of para-hydroxylation sites is 1. The molecule has 1 heterocycles. The Morgan fingerprint density at radius 2 is 1.79 bits per heavy atom. The molecule has 1 aromatic heterocycles. The summed E-state index contributed by atoms with van der Waals surface area (Å²) in [5.74, 6) is 1.28. The molecule has 122 valence electrons. The zero-order valence-corrected chi connectivity index (χ0v) is 13.4. The van der Waals surface area contributed by atoms with Crippen molar-refractivity contribution in [1.29, 1.82) is 0 Å². The molecule has 0 saturated heterocycles. The summed E-state index contributed by atoms with van der Waals surface area (Å²) in [7, 11) is 3.26. The van der Waals surface area contributed by atoms with Gasteiger partial charge >= 0.3 is 6.09 Å². The van der Waals surface area contributed by atoms with Crippen LogP contribution in [0.4, 0.5) is 10.5 Å². The van der Waals surface area contributed by atoms with Gasteiger partial charge in [-0.3, -0.25) is 4.90 Å². The van der Waals surface area contributed by atoms with E-state index in [4.69, 9.17) is 9.57 Å². The number of benzene rings is 2. The van der Waals surface area contributed by atoms with Gasteiger partial charge in [-0.25, -0.2) is 9.78 Å². The number of nitrogens with zero attached hydrogens (tertiary/aromatic N) is 3. The first kappa shape index (κ1) is 15.6. The van der Waals surface area contributed by atoms with Gasteiger partial charge in [0.2, 0.25) is 0 Å². The lowest BCUT2D eigenvalue weighted by molar-refractivity contribution is 0.143. The van der Waals surface area contributed by atoms with E-state index in [9.17, 15) is 4.79 Å². The minimum atomic E-state index is -0.506. The normalized spacial score (nSPS) is 10.2. The van der Waals surface area contributed by atoms with Gasteiger partial charge in [-0.2, -0.15) is 4.73 Å². The summed E-state index contributed by atoms with van der Waals surface area (Å²) >= 11 is 0. The number of carbonyl (C=O) groups is 1. The summed E-state index contributed by atoms with van der Waals surface area (Å²) in [5.41, 5.74) is 1.56. The quantitative estimate of drug-likeness (QED) is 0.739. The van der Waals surface area contributed by atoms with E-state index in [1.165, 1.54) is 9.63 Å². The second-order valence-electron chi connectivity index (χ2n) is 5.06. The molecule has 0 atom stereocenters. The fraction of sp³-hybridized carbons (Fsp3) is 0.111. The molecule has 0 bridgehead atoms. The molecule has 0 aliphatic rings. The standard InChI is InChI=1S/C18H17N3O3/c1-20(15-6-4-3-5-7-15)18(22)24-21-13-12-19-17(21)14-8-10-16(23-2)11-9-14/h3-13H,1-2H3. The predicted molar refractivity (Wildman–Crippen MR) is 91.0 cm³/mol. The average molecular weight is 323 g/mol. The first-order valence-corrected chi connectivity index (χ1v) is 7.38. The molecule has 6 heteroatoms. The molecule has 0 N–H and O–H groups in total. The highest BCUT2D eigenvalue weighted by Crippen LogP contribution is 2.20. The largest absolute Gasteiger partial charge is 0.497 e. The van der Waals surface area contributed by atoms with Gasteiger partial charge in [0.15, 0.2) is 5.82 Å². The third-order valence-electron chi connectivity index (χ3n) is 3.55. The summed E-state index contributed by atoms with van der Waals surface area (Å²) < 4.78 is 6.49. The van der Waals surface area contributed by atoms with Crippen molar-refractivity contribution in [3.8, 4) is 17.1 Å². The zero-order chi connectivity index (χ0) is 16.9. The minimum Gasteiger partial charge on any atom is -0.497 e. The van der Waals surface area contributed by atoms with Crippen LogP contribution in [0, 0.1) is 0 Å². The van der Waals surface area contributed by atoms with Crippen molar-refractivity contribution < 1.29 is 14.4 Å². The molecule has 0 fully saturated rings. The Morgan fingerprint density at radius 3 is 2.46 bits per heavy atom. The van der Waals surface area contributed by atoms with Crippen LogP contribution in [0.2, 0.25) is 0 Å².